The molecule has 7 rings (SSSR count). The highest BCUT2D eigenvalue weighted by Gasteiger charge is 2.88. The standard InChI is InChI=1S/C42H48O14/c1-21(2)41-32(52-35(46)27-16-12-10-13-17-27)23(4)42-29-20-22(3)31(49-24(5)43)40(29,48)37(51-26(7)45)38(8,54-36(47)28-18-14-11-15-19-28)33(50-25(6)44)30(42)34(41)53-39(9,55-41)56-42/h10-19,22-23,29-34,37,48H,1,20H2,2-9H3/t22-,23+,29+,30-,31-,32-,33-,34?,37+,38-,39?,40+,41?,42-/m0/s1. The minimum Gasteiger partial charge on any atom is -0.459 e. The van der Waals surface area contributed by atoms with Crippen LogP contribution in [0.25, 0.3) is 0 Å². The number of rotatable bonds is 8. The van der Waals surface area contributed by atoms with Crippen LogP contribution >= 0.6 is 0 Å². The van der Waals surface area contributed by atoms with Crippen LogP contribution < -0.4 is 0 Å². The third-order valence-corrected chi connectivity index (χ3v) is 12.5. The lowest BCUT2D eigenvalue weighted by atomic mass is 9.52. The summed E-state index contributed by atoms with van der Waals surface area (Å²) >= 11 is 0. The molecule has 5 aliphatic rings. The number of aliphatic hydroxyl groups is 1. The molecular weight excluding hydrogens is 728 g/mol. The number of fused-ring (bicyclic) bond motifs is 2. The van der Waals surface area contributed by atoms with Crippen LogP contribution in [-0.4, -0.2) is 93.9 Å². The topological polar surface area (TPSA) is 179 Å². The number of esters is 5. The molecule has 2 heterocycles. The zero-order valence-electron chi connectivity index (χ0n) is 32.6. The average Bonchev–Trinajstić information content (AvgIpc) is 3.50. The molecule has 3 bridgehead atoms. The SMILES string of the molecule is C=C(C)C12OC3(C)OC1[C@@H]1[C@H](OC(C)=O)[C@](C)(OC(=O)c4ccccc4)[C@@H](OC(C)=O)[C@@]4(O)[C@@H](C[C@H](C)[C@@H]4OC(C)=O)[C@@]1(O3)[C@H](C)[C@@H]2OC(=O)c1ccccc1. The van der Waals surface area contributed by atoms with Gasteiger partial charge in [0.1, 0.15) is 23.9 Å². The minimum absolute atomic E-state index is 0.0742. The maximum Gasteiger partial charge on any atom is 0.338 e. The summed E-state index contributed by atoms with van der Waals surface area (Å²) < 4.78 is 51.8. The van der Waals surface area contributed by atoms with Gasteiger partial charge in [0.25, 0.3) is 5.97 Å². The Morgan fingerprint density at radius 2 is 1.27 bits per heavy atom. The van der Waals surface area contributed by atoms with Gasteiger partial charge in [-0.2, -0.15) is 0 Å². The first-order chi connectivity index (χ1) is 26.3. The van der Waals surface area contributed by atoms with Crippen molar-refractivity contribution in [1.82, 2.24) is 0 Å². The molecule has 14 atom stereocenters. The summed E-state index contributed by atoms with van der Waals surface area (Å²) in [6, 6.07) is 16.3. The van der Waals surface area contributed by atoms with Crippen molar-refractivity contribution in [3.05, 3.63) is 83.9 Å². The number of hydrogen-bond donors (Lipinski definition) is 1. The van der Waals surface area contributed by atoms with Gasteiger partial charge in [-0.3, -0.25) is 14.4 Å². The predicted octanol–water partition coefficient (Wildman–Crippen LogP) is 4.46. The van der Waals surface area contributed by atoms with E-state index in [1.54, 1.807) is 76.2 Å². The summed E-state index contributed by atoms with van der Waals surface area (Å²) in [6.07, 6.45) is -7.23. The number of carbonyl (C=O) groups excluding carboxylic acids is 5. The molecule has 14 heteroatoms. The summed E-state index contributed by atoms with van der Waals surface area (Å²) in [6.45, 7) is 15.9. The number of ether oxygens (including phenoxy) is 8. The lowest BCUT2D eigenvalue weighted by molar-refractivity contribution is -0.429. The zero-order valence-corrected chi connectivity index (χ0v) is 32.6. The molecule has 0 spiro atoms. The van der Waals surface area contributed by atoms with Crippen molar-refractivity contribution in [1.29, 1.82) is 0 Å². The maximum atomic E-state index is 14.3. The van der Waals surface area contributed by atoms with E-state index in [1.807, 2.05) is 0 Å². The Labute approximate surface area is 324 Å². The van der Waals surface area contributed by atoms with Crippen LogP contribution in [0.1, 0.15) is 82.5 Å². The van der Waals surface area contributed by atoms with E-state index in [9.17, 15) is 29.1 Å². The highest BCUT2D eigenvalue weighted by atomic mass is 16.9. The summed E-state index contributed by atoms with van der Waals surface area (Å²) in [5.41, 5.74) is -7.41. The van der Waals surface area contributed by atoms with Gasteiger partial charge in [-0.1, -0.05) is 56.8 Å². The Morgan fingerprint density at radius 3 is 1.80 bits per heavy atom. The second-order valence-corrected chi connectivity index (χ2v) is 16.2. The first-order valence-corrected chi connectivity index (χ1v) is 18.8. The quantitative estimate of drug-likeness (QED) is 0.226. The van der Waals surface area contributed by atoms with Crippen LogP contribution in [0.5, 0.6) is 0 Å². The Kier molecular flexibility index (Phi) is 9.54. The summed E-state index contributed by atoms with van der Waals surface area (Å²) in [5, 5.41) is 13.7. The highest BCUT2D eigenvalue weighted by Crippen LogP contribution is 2.72. The van der Waals surface area contributed by atoms with Gasteiger partial charge in [0.2, 0.25) is 0 Å². The van der Waals surface area contributed by atoms with Crippen molar-refractivity contribution in [3.8, 4) is 0 Å². The fourth-order valence-electron chi connectivity index (χ4n) is 10.7. The number of hydrogen-bond acceptors (Lipinski definition) is 14. The molecule has 3 saturated carbocycles. The van der Waals surface area contributed by atoms with E-state index in [1.165, 1.54) is 26.0 Å². The largest absolute Gasteiger partial charge is 0.459 e. The van der Waals surface area contributed by atoms with E-state index in [0.717, 1.165) is 13.8 Å². The van der Waals surface area contributed by atoms with E-state index in [0.29, 0.717) is 5.57 Å². The molecule has 2 saturated heterocycles. The van der Waals surface area contributed by atoms with Gasteiger partial charge in [-0.05, 0) is 56.0 Å². The molecule has 56 heavy (non-hydrogen) atoms. The Hall–Kier alpha value is -4.63. The van der Waals surface area contributed by atoms with Crippen LogP contribution in [-0.2, 0) is 52.3 Å². The second-order valence-electron chi connectivity index (χ2n) is 16.2. The Morgan fingerprint density at radius 1 is 0.732 bits per heavy atom. The van der Waals surface area contributed by atoms with Crippen molar-refractivity contribution >= 4 is 29.8 Å². The molecule has 3 unspecified atom stereocenters. The van der Waals surface area contributed by atoms with Crippen LogP contribution in [0.15, 0.2) is 72.8 Å². The molecule has 1 N–H and O–H groups in total. The first-order valence-electron chi connectivity index (χ1n) is 18.8. The molecule has 2 aromatic carbocycles. The van der Waals surface area contributed by atoms with Crippen molar-refractivity contribution in [3.63, 3.8) is 0 Å². The first kappa shape index (κ1) is 39.6. The van der Waals surface area contributed by atoms with Crippen LogP contribution in [0, 0.1) is 23.7 Å². The molecule has 14 nitrogen and oxygen atoms in total. The van der Waals surface area contributed by atoms with Crippen LogP contribution in [0.3, 0.4) is 0 Å². The van der Waals surface area contributed by atoms with E-state index in [2.05, 4.69) is 6.58 Å². The smallest absolute Gasteiger partial charge is 0.338 e. The molecule has 0 amide bonds. The van der Waals surface area contributed by atoms with Crippen molar-refractivity contribution in [2.75, 3.05) is 0 Å². The summed E-state index contributed by atoms with van der Waals surface area (Å²) in [4.78, 5) is 67.8. The maximum absolute atomic E-state index is 14.3. The lowest BCUT2D eigenvalue weighted by Crippen LogP contribution is -2.77. The summed E-state index contributed by atoms with van der Waals surface area (Å²) in [5.74, 6) is -9.87. The van der Waals surface area contributed by atoms with E-state index >= 15 is 0 Å². The van der Waals surface area contributed by atoms with Crippen molar-refractivity contribution < 1.29 is 67.0 Å². The predicted molar refractivity (Wildman–Crippen MR) is 193 cm³/mol. The molecule has 300 valence electrons. The summed E-state index contributed by atoms with van der Waals surface area (Å²) in [7, 11) is 0. The normalized spacial score (nSPS) is 41.6. The van der Waals surface area contributed by atoms with Gasteiger partial charge in [0, 0.05) is 39.5 Å². The van der Waals surface area contributed by atoms with Gasteiger partial charge >= 0.3 is 29.8 Å². The van der Waals surface area contributed by atoms with Gasteiger partial charge in [0.15, 0.2) is 23.4 Å². The molecule has 3 aliphatic carbocycles. The van der Waals surface area contributed by atoms with Crippen molar-refractivity contribution in [2.24, 2.45) is 23.7 Å². The Balaban J connectivity index is 1.55. The molecule has 2 aliphatic heterocycles. The second kappa shape index (κ2) is 13.5. The molecule has 5 fully saturated rings. The average molecular weight is 777 g/mol. The van der Waals surface area contributed by atoms with Gasteiger partial charge in [0.05, 0.1) is 22.6 Å². The van der Waals surface area contributed by atoms with Gasteiger partial charge in [-0.25, -0.2) is 9.59 Å². The molecular formula is C42H48O14. The van der Waals surface area contributed by atoms with E-state index < -0.39 is 112 Å². The van der Waals surface area contributed by atoms with Crippen LogP contribution in [0.4, 0.5) is 0 Å². The fourth-order valence-corrected chi connectivity index (χ4v) is 10.7. The molecule has 2 aromatic rings. The van der Waals surface area contributed by atoms with Crippen molar-refractivity contribution in [2.45, 2.75) is 121 Å². The van der Waals surface area contributed by atoms with Crippen LogP contribution in [0.2, 0.25) is 0 Å². The minimum atomic E-state index is -2.42. The lowest BCUT2D eigenvalue weighted by Gasteiger charge is -2.62. The fraction of sp³-hybridized carbons (Fsp3) is 0.548. The Bertz CT molecular complexity index is 1950. The number of carbonyl (C=O) groups is 5. The monoisotopic (exact) mass is 776 g/mol. The highest BCUT2D eigenvalue weighted by molar-refractivity contribution is 5.90. The van der Waals surface area contributed by atoms with E-state index in [4.69, 9.17) is 37.9 Å². The molecule has 0 radical (unpaired) electrons. The third-order valence-electron chi connectivity index (χ3n) is 12.5. The van der Waals surface area contributed by atoms with Gasteiger partial charge in [-0.15, -0.1) is 0 Å². The number of benzene rings is 2. The van der Waals surface area contributed by atoms with Gasteiger partial charge < -0.3 is 43.0 Å². The zero-order chi connectivity index (χ0) is 40.7. The molecule has 0 aromatic heterocycles. The third kappa shape index (κ3) is 5.62. The van der Waals surface area contributed by atoms with E-state index in [-0.39, 0.29) is 17.5 Å².